The van der Waals surface area contributed by atoms with Gasteiger partial charge in [-0.3, -0.25) is 4.79 Å². The van der Waals surface area contributed by atoms with E-state index in [0.29, 0.717) is 23.3 Å². The Balaban J connectivity index is 1.94. The normalized spacial score (nSPS) is 37.2. The van der Waals surface area contributed by atoms with Crippen LogP contribution in [0.5, 0.6) is 0 Å². The van der Waals surface area contributed by atoms with Gasteiger partial charge in [-0.15, -0.1) is 0 Å². The van der Waals surface area contributed by atoms with Gasteiger partial charge in [0.05, 0.1) is 27.1 Å². The second-order valence-electron chi connectivity index (χ2n) is 7.44. The summed E-state index contributed by atoms with van der Waals surface area (Å²) in [5.74, 6) is 1.04. The van der Waals surface area contributed by atoms with Crippen molar-refractivity contribution in [3.8, 4) is 0 Å². The van der Waals surface area contributed by atoms with E-state index >= 15 is 0 Å². The van der Waals surface area contributed by atoms with Gasteiger partial charge in [0.2, 0.25) is 5.91 Å². The molecular formula is C15H29N2O+. The number of hydrogen-bond donors (Lipinski definition) is 2. The zero-order valence-corrected chi connectivity index (χ0v) is 12.6. The first-order valence-electron chi connectivity index (χ1n) is 7.36. The number of rotatable bonds is 4. The number of nitrogens with one attached hydrogen (secondary N) is 2. The molecule has 0 aromatic rings. The second kappa shape index (κ2) is 4.52. The lowest BCUT2D eigenvalue weighted by Gasteiger charge is -2.39. The van der Waals surface area contributed by atoms with Crippen LogP contribution in [-0.2, 0) is 4.79 Å². The maximum atomic E-state index is 12.0. The van der Waals surface area contributed by atoms with E-state index in [1.165, 1.54) is 24.2 Å². The standard InChI is InChI=1S/C15H28N2O/c1-14(2)11-6-8-15(14,3)12(10-11)16-13(18)7-9-17(4)5/h11-12H,6-10H2,1-5H3,(H,16,18)/p+1/t11-,12-,15+/m0/s1. The Morgan fingerprint density at radius 3 is 2.44 bits per heavy atom. The maximum absolute atomic E-state index is 12.0. The highest BCUT2D eigenvalue weighted by molar-refractivity contribution is 5.76. The molecule has 2 aliphatic carbocycles. The summed E-state index contributed by atoms with van der Waals surface area (Å²) in [7, 11) is 4.18. The topological polar surface area (TPSA) is 33.5 Å². The summed E-state index contributed by atoms with van der Waals surface area (Å²) in [6, 6.07) is 0.399. The Hall–Kier alpha value is -0.570. The van der Waals surface area contributed by atoms with Crippen LogP contribution < -0.4 is 10.2 Å². The summed E-state index contributed by atoms with van der Waals surface area (Å²) in [5, 5.41) is 3.31. The van der Waals surface area contributed by atoms with Gasteiger partial charge in [-0.25, -0.2) is 0 Å². The molecule has 3 heteroatoms. The molecule has 1 amide bonds. The monoisotopic (exact) mass is 253 g/mol. The molecule has 0 aliphatic heterocycles. The molecule has 0 aromatic carbocycles. The Bertz CT molecular complexity index is 337. The lowest BCUT2D eigenvalue weighted by Crippen LogP contribution is -3.05. The maximum Gasteiger partial charge on any atom is 0.225 e. The van der Waals surface area contributed by atoms with Crippen LogP contribution in [0.3, 0.4) is 0 Å². The van der Waals surface area contributed by atoms with Gasteiger partial charge < -0.3 is 10.2 Å². The second-order valence-corrected chi connectivity index (χ2v) is 7.44. The van der Waals surface area contributed by atoms with E-state index in [2.05, 4.69) is 40.2 Å². The SMILES string of the molecule is C[NH+](C)CCC(=O)N[C@H]1C[C@@H]2CC[C@@]1(C)C2(C)C. The van der Waals surface area contributed by atoms with Crippen molar-refractivity contribution in [3.05, 3.63) is 0 Å². The van der Waals surface area contributed by atoms with Crippen LogP contribution in [0.4, 0.5) is 0 Å². The molecule has 2 fully saturated rings. The van der Waals surface area contributed by atoms with Crippen molar-refractivity contribution < 1.29 is 9.69 Å². The third-order valence-electron chi connectivity index (χ3n) is 5.98. The molecule has 2 bridgehead atoms. The number of carbonyl (C=O) groups excluding carboxylic acids is 1. The van der Waals surface area contributed by atoms with Gasteiger partial charge in [0.1, 0.15) is 0 Å². The minimum Gasteiger partial charge on any atom is -0.353 e. The van der Waals surface area contributed by atoms with Crippen molar-refractivity contribution in [1.82, 2.24) is 5.32 Å². The largest absolute Gasteiger partial charge is 0.353 e. The highest BCUT2D eigenvalue weighted by Crippen LogP contribution is 2.65. The van der Waals surface area contributed by atoms with Gasteiger partial charge in [0.15, 0.2) is 0 Å². The summed E-state index contributed by atoms with van der Waals surface area (Å²) < 4.78 is 0. The van der Waals surface area contributed by atoms with E-state index in [4.69, 9.17) is 0 Å². The van der Waals surface area contributed by atoms with Crippen molar-refractivity contribution in [2.24, 2.45) is 16.7 Å². The molecule has 0 saturated heterocycles. The minimum atomic E-state index is 0.241. The van der Waals surface area contributed by atoms with Crippen molar-refractivity contribution in [2.75, 3.05) is 20.6 Å². The van der Waals surface area contributed by atoms with E-state index < -0.39 is 0 Å². The van der Waals surface area contributed by atoms with E-state index in [0.717, 1.165) is 12.5 Å². The van der Waals surface area contributed by atoms with E-state index in [9.17, 15) is 4.79 Å². The van der Waals surface area contributed by atoms with Gasteiger partial charge in [-0.2, -0.15) is 0 Å². The molecule has 0 aromatic heterocycles. The molecule has 3 atom stereocenters. The predicted octanol–water partition coefficient (Wildman–Crippen LogP) is 0.852. The molecule has 18 heavy (non-hydrogen) atoms. The Kier molecular flexibility index (Phi) is 3.48. The van der Waals surface area contributed by atoms with E-state index in [-0.39, 0.29) is 5.91 Å². The van der Waals surface area contributed by atoms with Gasteiger partial charge in [-0.05, 0) is 36.0 Å². The van der Waals surface area contributed by atoms with Crippen LogP contribution in [-0.4, -0.2) is 32.6 Å². The summed E-state index contributed by atoms with van der Waals surface area (Å²) >= 11 is 0. The molecule has 0 unspecified atom stereocenters. The minimum absolute atomic E-state index is 0.241. The first-order chi connectivity index (χ1) is 8.27. The van der Waals surface area contributed by atoms with E-state index in [1.54, 1.807) is 0 Å². The molecule has 2 aliphatic rings. The van der Waals surface area contributed by atoms with Gasteiger partial charge in [0.25, 0.3) is 0 Å². The lowest BCUT2D eigenvalue weighted by molar-refractivity contribution is -0.857. The van der Waals surface area contributed by atoms with Gasteiger partial charge in [-0.1, -0.05) is 20.8 Å². The molecule has 2 rings (SSSR count). The molecule has 2 N–H and O–H groups in total. The zero-order chi connectivity index (χ0) is 13.6. The smallest absolute Gasteiger partial charge is 0.225 e. The number of quaternary nitrogens is 1. The quantitative estimate of drug-likeness (QED) is 0.765. The Morgan fingerprint density at radius 2 is 2.00 bits per heavy atom. The van der Waals surface area contributed by atoms with Crippen LogP contribution in [0.15, 0.2) is 0 Å². The molecule has 0 radical (unpaired) electrons. The number of hydrogen-bond acceptors (Lipinski definition) is 1. The van der Waals surface area contributed by atoms with Crippen LogP contribution in [0.2, 0.25) is 0 Å². The lowest BCUT2D eigenvalue weighted by atomic mass is 9.69. The average molecular weight is 253 g/mol. The summed E-state index contributed by atoms with van der Waals surface area (Å²) in [6.45, 7) is 8.08. The summed E-state index contributed by atoms with van der Waals surface area (Å²) in [6.07, 6.45) is 4.45. The fourth-order valence-electron chi connectivity index (χ4n) is 4.05. The first-order valence-corrected chi connectivity index (χ1v) is 7.36. The summed E-state index contributed by atoms with van der Waals surface area (Å²) in [4.78, 5) is 13.3. The fraction of sp³-hybridized carbons (Fsp3) is 0.933. The van der Waals surface area contributed by atoms with Crippen LogP contribution in [0.1, 0.15) is 46.5 Å². The third-order valence-corrected chi connectivity index (χ3v) is 5.98. The third kappa shape index (κ3) is 2.07. The molecule has 2 saturated carbocycles. The number of carbonyl (C=O) groups is 1. The predicted molar refractivity (Wildman–Crippen MR) is 73.5 cm³/mol. The van der Waals surface area contributed by atoms with Gasteiger partial charge in [0, 0.05) is 6.04 Å². The highest BCUT2D eigenvalue weighted by Gasteiger charge is 2.61. The number of amides is 1. The fourth-order valence-corrected chi connectivity index (χ4v) is 4.05. The highest BCUT2D eigenvalue weighted by atomic mass is 16.1. The van der Waals surface area contributed by atoms with Crippen molar-refractivity contribution in [2.45, 2.75) is 52.5 Å². The molecule has 0 heterocycles. The molecule has 3 nitrogen and oxygen atoms in total. The molecule has 0 spiro atoms. The van der Waals surface area contributed by atoms with Crippen LogP contribution in [0.25, 0.3) is 0 Å². The summed E-state index contributed by atoms with van der Waals surface area (Å²) in [5.41, 5.74) is 0.691. The van der Waals surface area contributed by atoms with Crippen molar-refractivity contribution in [3.63, 3.8) is 0 Å². The van der Waals surface area contributed by atoms with Crippen LogP contribution >= 0.6 is 0 Å². The molecular weight excluding hydrogens is 224 g/mol. The first kappa shape index (κ1) is 13.9. The van der Waals surface area contributed by atoms with Crippen LogP contribution in [0, 0.1) is 16.7 Å². The van der Waals surface area contributed by atoms with Crippen molar-refractivity contribution >= 4 is 5.91 Å². The van der Waals surface area contributed by atoms with Crippen molar-refractivity contribution in [1.29, 1.82) is 0 Å². The molecule has 104 valence electrons. The Labute approximate surface area is 111 Å². The van der Waals surface area contributed by atoms with Gasteiger partial charge >= 0.3 is 0 Å². The average Bonchev–Trinajstić information content (AvgIpc) is 2.59. The number of fused-ring (bicyclic) bond motifs is 2. The zero-order valence-electron chi connectivity index (χ0n) is 12.6. The van der Waals surface area contributed by atoms with E-state index in [1.807, 2.05) is 0 Å². The Morgan fingerprint density at radius 1 is 1.33 bits per heavy atom.